The summed E-state index contributed by atoms with van der Waals surface area (Å²) in [6, 6.07) is 21.9. The predicted octanol–water partition coefficient (Wildman–Crippen LogP) is 4.95. The highest BCUT2D eigenvalue weighted by Gasteiger charge is 2.07. The van der Waals surface area contributed by atoms with Crippen LogP contribution in [0.2, 0.25) is 0 Å². The van der Waals surface area contributed by atoms with Gasteiger partial charge in [-0.1, -0.05) is 36.4 Å². The van der Waals surface area contributed by atoms with Gasteiger partial charge >= 0.3 is 0 Å². The molecule has 1 N–H and O–H groups in total. The Bertz CT molecular complexity index is 847. The fourth-order valence-electron chi connectivity index (χ4n) is 2.39. The zero-order valence-electron chi connectivity index (χ0n) is 13.2. The summed E-state index contributed by atoms with van der Waals surface area (Å²) in [5, 5.41) is 4.23. The molecule has 3 nitrogen and oxygen atoms in total. The minimum absolute atomic E-state index is 0.296. The molecule has 0 unspecified atom stereocenters. The van der Waals surface area contributed by atoms with Crippen LogP contribution < -0.4 is 10.2 Å². The molecule has 0 spiro atoms. The minimum Gasteiger partial charge on any atom is -0.496 e. The number of benzene rings is 3. The summed E-state index contributed by atoms with van der Waals surface area (Å²) >= 11 is 0. The van der Waals surface area contributed by atoms with E-state index in [1.165, 1.54) is 12.1 Å². The predicted molar refractivity (Wildman–Crippen MR) is 96.0 cm³/mol. The van der Waals surface area contributed by atoms with Gasteiger partial charge in [0.2, 0.25) is 0 Å². The van der Waals surface area contributed by atoms with Crippen molar-refractivity contribution in [1.82, 2.24) is 0 Å². The Morgan fingerprint density at radius 1 is 0.958 bits per heavy atom. The van der Waals surface area contributed by atoms with Gasteiger partial charge in [-0.05, 0) is 47.5 Å². The number of hydrogen-bond acceptors (Lipinski definition) is 3. The van der Waals surface area contributed by atoms with Crippen LogP contribution in [0.15, 0.2) is 77.9 Å². The van der Waals surface area contributed by atoms with Crippen molar-refractivity contribution in [2.24, 2.45) is 5.10 Å². The first kappa shape index (κ1) is 15.7. The van der Waals surface area contributed by atoms with Gasteiger partial charge in [0.15, 0.2) is 0 Å². The SMILES string of the molecule is COc1ccc(F)cc1-c1cccc(C=NNc2ccccc2)c1. The molecule has 0 amide bonds. The largest absolute Gasteiger partial charge is 0.496 e. The van der Waals surface area contributed by atoms with Gasteiger partial charge in [0.25, 0.3) is 0 Å². The molecule has 3 aromatic carbocycles. The van der Waals surface area contributed by atoms with Crippen molar-refractivity contribution in [3.8, 4) is 16.9 Å². The zero-order valence-corrected chi connectivity index (χ0v) is 13.2. The zero-order chi connectivity index (χ0) is 16.8. The fraction of sp³-hybridized carbons (Fsp3) is 0.0500. The summed E-state index contributed by atoms with van der Waals surface area (Å²) in [5.41, 5.74) is 6.37. The van der Waals surface area contributed by atoms with Crippen LogP contribution in [-0.2, 0) is 0 Å². The fourth-order valence-corrected chi connectivity index (χ4v) is 2.39. The highest BCUT2D eigenvalue weighted by atomic mass is 19.1. The Labute approximate surface area is 140 Å². The summed E-state index contributed by atoms with van der Waals surface area (Å²) in [7, 11) is 1.58. The van der Waals surface area contributed by atoms with E-state index in [0.29, 0.717) is 11.3 Å². The van der Waals surface area contributed by atoms with E-state index < -0.39 is 0 Å². The van der Waals surface area contributed by atoms with Crippen LogP contribution in [0.25, 0.3) is 11.1 Å². The second-order valence-electron chi connectivity index (χ2n) is 5.21. The molecule has 0 aliphatic heterocycles. The van der Waals surface area contributed by atoms with Gasteiger partial charge in [-0.3, -0.25) is 5.43 Å². The molecule has 0 atom stereocenters. The van der Waals surface area contributed by atoms with Gasteiger partial charge in [-0.2, -0.15) is 5.10 Å². The van der Waals surface area contributed by atoms with Gasteiger partial charge in [0.1, 0.15) is 11.6 Å². The molecule has 0 heterocycles. The van der Waals surface area contributed by atoms with Crippen molar-refractivity contribution in [2.45, 2.75) is 0 Å². The molecule has 24 heavy (non-hydrogen) atoms. The molecular weight excluding hydrogens is 303 g/mol. The van der Waals surface area contributed by atoms with E-state index in [4.69, 9.17) is 4.74 Å². The second kappa shape index (κ2) is 7.42. The average molecular weight is 320 g/mol. The number of anilines is 1. The van der Waals surface area contributed by atoms with Crippen LogP contribution in [0.3, 0.4) is 0 Å². The maximum absolute atomic E-state index is 13.6. The Hall–Kier alpha value is -3.14. The van der Waals surface area contributed by atoms with Gasteiger partial charge < -0.3 is 4.74 Å². The Morgan fingerprint density at radius 2 is 1.79 bits per heavy atom. The number of halogens is 1. The number of nitrogens with one attached hydrogen (secondary N) is 1. The molecule has 3 rings (SSSR count). The third-order valence-corrected chi connectivity index (χ3v) is 3.54. The van der Waals surface area contributed by atoms with E-state index in [9.17, 15) is 4.39 Å². The lowest BCUT2D eigenvalue weighted by Gasteiger charge is -2.09. The quantitative estimate of drug-likeness (QED) is 0.533. The molecule has 3 aromatic rings. The highest BCUT2D eigenvalue weighted by molar-refractivity contribution is 5.84. The van der Waals surface area contributed by atoms with E-state index >= 15 is 0 Å². The maximum atomic E-state index is 13.6. The van der Waals surface area contributed by atoms with Crippen molar-refractivity contribution in [3.05, 3.63) is 84.2 Å². The van der Waals surface area contributed by atoms with Crippen LogP contribution in [0.1, 0.15) is 5.56 Å². The van der Waals surface area contributed by atoms with E-state index in [-0.39, 0.29) is 5.82 Å². The van der Waals surface area contributed by atoms with E-state index in [2.05, 4.69) is 10.5 Å². The lowest BCUT2D eigenvalue weighted by atomic mass is 10.0. The maximum Gasteiger partial charge on any atom is 0.126 e. The molecule has 0 radical (unpaired) electrons. The van der Waals surface area contributed by atoms with Gasteiger partial charge in [-0.15, -0.1) is 0 Å². The molecule has 0 saturated carbocycles. The summed E-state index contributed by atoms with van der Waals surface area (Å²) < 4.78 is 18.9. The molecule has 0 bridgehead atoms. The summed E-state index contributed by atoms with van der Waals surface area (Å²) in [6.45, 7) is 0. The summed E-state index contributed by atoms with van der Waals surface area (Å²) in [4.78, 5) is 0. The number of methoxy groups -OCH3 is 1. The number of para-hydroxylation sites is 1. The topological polar surface area (TPSA) is 33.6 Å². The Kier molecular flexibility index (Phi) is 4.87. The highest BCUT2D eigenvalue weighted by Crippen LogP contribution is 2.30. The minimum atomic E-state index is -0.296. The van der Waals surface area contributed by atoms with Gasteiger partial charge in [0.05, 0.1) is 19.0 Å². The van der Waals surface area contributed by atoms with Gasteiger partial charge in [-0.25, -0.2) is 4.39 Å². The number of hydrogen-bond donors (Lipinski definition) is 1. The first-order valence-corrected chi connectivity index (χ1v) is 7.54. The standard InChI is InChI=1S/C20H17FN2O/c1-24-20-11-10-17(21)13-19(20)16-7-5-6-15(12-16)14-22-23-18-8-3-2-4-9-18/h2-14,23H,1H3. The first-order chi connectivity index (χ1) is 11.8. The molecule has 0 aliphatic carbocycles. The summed E-state index contributed by atoms with van der Waals surface area (Å²) in [6.07, 6.45) is 1.72. The number of hydrazone groups is 1. The molecule has 120 valence electrons. The monoisotopic (exact) mass is 320 g/mol. The van der Waals surface area contributed by atoms with Crippen molar-refractivity contribution < 1.29 is 9.13 Å². The second-order valence-corrected chi connectivity index (χ2v) is 5.21. The lowest BCUT2D eigenvalue weighted by Crippen LogP contribution is -1.92. The number of nitrogens with zero attached hydrogens (tertiary/aromatic N) is 1. The van der Waals surface area contributed by atoms with E-state index in [1.807, 2.05) is 54.6 Å². The normalized spacial score (nSPS) is 10.8. The Morgan fingerprint density at radius 3 is 2.58 bits per heavy atom. The molecular formula is C20H17FN2O. The number of rotatable bonds is 5. The molecule has 4 heteroatoms. The van der Waals surface area contributed by atoms with Crippen molar-refractivity contribution in [1.29, 1.82) is 0 Å². The van der Waals surface area contributed by atoms with Crippen LogP contribution in [0.5, 0.6) is 5.75 Å². The van der Waals surface area contributed by atoms with Crippen LogP contribution in [0.4, 0.5) is 10.1 Å². The van der Waals surface area contributed by atoms with Crippen LogP contribution in [0, 0.1) is 5.82 Å². The van der Waals surface area contributed by atoms with Crippen molar-refractivity contribution in [2.75, 3.05) is 12.5 Å². The third kappa shape index (κ3) is 3.79. The smallest absolute Gasteiger partial charge is 0.126 e. The lowest BCUT2D eigenvalue weighted by molar-refractivity contribution is 0.415. The first-order valence-electron chi connectivity index (χ1n) is 7.54. The van der Waals surface area contributed by atoms with Crippen molar-refractivity contribution in [3.63, 3.8) is 0 Å². The van der Waals surface area contributed by atoms with E-state index in [1.54, 1.807) is 19.4 Å². The molecule has 0 fully saturated rings. The molecule has 0 aromatic heterocycles. The van der Waals surface area contributed by atoms with Gasteiger partial charge in [0, 0.05) is 5.56 Å². The number of ether oxygens (including phenoxy) is 1. The molecule has 0 saturated heterocycles. The van der Waals surface area contributed by atoms with Crippen molar-refractivity contribution >= 4 is 11.9 Å². The van der Waals surface area contributed by atoms with Crippen LogP contribution >= 0.6 is 0 Å². The Balaban J connectivity index is 1.83. The third-order valence-electron chi connectivity index (χ3n) is 3.54. The van der Waals surface area contributed by atoms with Crippen LogP contribution in [-0.4, -0.2) is 13.3 Å². The summed E-state index contributed by atoms with van der Waals surface area (Å²) in [5.74, 6) is 0.337. The average Bonchev–Trinajstić information content (AvgIpc) is 2.63. The molecule has 0 aliphatic rings. The van der Waals surface area contributed by atoms with E-state index in [0.717, 1.165) is 16.8 Å².